The van der Waals surface area contributed by atoms with Gasteiger partial charge in [-0.2, -0.15) is 0 Å². The highest BCUT2D eigenvalue weighted by molar-refractivity contribution is 7.11. The lowest BCUT2D eigenvalue weighted by atomic mass is 9.95. The molecule has 2 aromatic rings. The monoisotopic (exact) mass is 328 g/mol. The Kier molecular flexibility index (Phi) is 4.42. The summed E-state index contributed by atoms with van der Waals surface area (Å²) in [6, 6.07) is 9.68. The van der Waals surface area contributed by atoms with Crippen LogP contribution in [-0.2, 0) is 19.5 Å². The number of fused-ring (bicyclic) bond motifs is 1. The van der Waals surface area contributed by atoms with Crippen LogP contribution in [0.5, 0.6) is 0 Å². The lowest BCUT2D eigenvalue weighted by Crippen LogP contribution is -2.46. The van der Waals surface area contributed by atoms with Crippen LogP contribution in [0.2, 0.25) is 0 Å². The van der Waals surface area contributed by atoms with E-state index in [0.29, 0.717) is 0 Å². The van der Waals surface area contributed by atoms with Crippen molar-refractivity contribution in [2.75, 3.05) is 19.6 Å². The molecule has 0 aliphatic carbocycles. The summed E-state index contributed by atoms with van der Waals surface area (Å²) in [6.45, 7) is 7.72. The highest BCUT2D eigenvalue weighted by atomic mass is 32.1. The average Bonchev–Trinajstić information content (AvgIpc) is 3.00. The molecule has 0 amide bonds. The van der Waals surface area contributed by atoms with Gasteiger partial charge >= 0.3 is 0 Å². The summed E-state index contributed by atoms with van der Waals surface area (Å²) in [4.78, 5) is 5.24. The van der Waals surface area contributed by atoms with E-state index in [2.05, 4.69) is 44.3 Å². The topological polar surface area (TPSA) is 32.3 Å². The van der Waals surface area contributed by atoms with Gasteiger partial charge in [0.1, 0.15) is 10.0 Å². The maximum absolute atomic E-state index is 4.26. The van der Waals surface area contributed by atoms with E-state index in [1.165, 1.54) is 44.5 Å². The highest BCUT2D eigenvalue weighted by Crippen LogP contribution is 2.25. The Balaban J connectivity index is 1.32. The van der Waals surface area contributed by atoms with Gasteiger partial charge in [-0.3, -0.25) is 9.80 Å². The number of piperidine rings is 1. The Morgan fingerprint density at radius 1 is 1.09 bits per heavy atom. The molecule has 0 radical (unpaired) electrons. The second-order valence-electron chi connectivity index (χ2n) is 6.71. The van der Waals surface area contributed by atoms with Gasteiger partial charge in [0, 0.05) is 32.2 Å². The molecular formula is C18H24N4S. The van der Waals surface area contributed by atoms with E-state index < -0.39 is 0 Å². The van der Waals surface area contributed by atoms with Gasteiger partial charge in [0.2, 0.25) is 0 Å². The predicted octanol–water partition coefficient (Wildman–Crippen LogP) is 2.87. The molecule has 3 heterocycles. The maximum atomic E-state index is 4.26. The summed E-state index contributed by atoms with van der Waals surface area (Å²) < 4.78 is 0. The van der Waals surface area contributed by atoms with Gasteiger partial charge in [0.15, 0.2) is 0 Å². The van der Waals surface area contributed by atoms with Crippen molar-refractivity contribution in [3.8, 4) is 0 Å². The third-order valence-corrected chi connectivity index (χ3v) is 5.98. The highest BCUT2D eigenvalue weighted by Gasteiger charge is 2.27. The third kappa shape index (κ3) is 3.47. The Hall–Kier alpha value is -1.30. The third-order valence-electron chi connectivity index (χ3n) is 5.16. The lowest BCUT2D eigenvalue weighted by Gasteiger charge is -2.40. The number of benzene rings is 1. The number of rotatable bonds is 3. The van der Waals surface area contributed by atoms with Crippen LogP contribution in [0.1, 0.15) is 34.0 Å². The van der Waals surface area contributed by atoms with Crippen LogP contribution in [0.3, 0.4) is 0 Å². The number of nitrogens with zero attached hydrogens (tertiary/aromatic N) is 4. The summed E-state index contributed by atoms with van der Waals surface area (Å²) in [5, 5.41) is 10.6. The molecular weight excluding hydrogens is 304 g/mol. The first-order valence-corrected chi connectivity index (χ1v) is 9.42. The maximum Gasteiger partial charge on any atom is 0.131 e. The quantitative estimate of drug-likeness (QED) is 0.867. The van der Waals surface area contributed by atoms with Crippen molar-refractivity contribution in [3.63, 3.8) is 0 Å². The number of aryl methyl sites for hydroxylation is 1. The summed E-state index contributed by atoms with van der Waals surface area (Å²) in [6.07, 6.45) is 3.76. The minimum absolute atomic E-state index is 0.746. The van der Waals surface area contributed by atoms with Gasteiger partial charge in [-0.1, -0.05) is 24.3 Å². The van der Waals surface area contributed by atoms with E-state index in [9.17, 15) is 0 Å². The molecule has 1 saturated heterocycles. The van der Waals surface area contributed by atoms with Crippen molar-refractivity contribution < 1.29 is 0 Å². The van der Waals surface area contributed by atoms with Gasteiger partial charge in [0.25, 0.3) is 0 Å². The molecule has 1 aromatic carbocycles. The molecule has 4 rings (SSSR count). The van der Waals surface area contributed by atoms with Crippen molar-refractivity contribution in [1.29, 1.82) is 0 Å². The van der Waals surface area contributed by atoms with Gasteiger partial charge in [0.05, 0.1) is 6.54 Å². The van der Waals surface area contributed by atoms with E-state index in [1.54, 1.807) is 16.9 Å². The van der Waals surface area contributed by atoms with Crippen LogP contribution in [0.15, 0.2) is 24.3 Å². The van der Waals surface area contributed by atoms with E-state index in [0.717, 1.165) is 29.1 Å². The summed E-state index contributed by atoms with van der Waals surface area (Å²) in [5.74, 6) is 0. The van der Waals surface area contributed by atoms with E-state index >= 15 is 0 Å². The molecule has 1 fully saturated rings. The number of aromatic nitrogens is 2. The molecule has 0 saturated carbocycles. The zero-order valence-corrected chi connectivity index (χ0v) is 14.6. The van der Waals surface area contributed by atoms with Crippen LogP contribution in [0.25, 0.3) is 0 Å². The fourth-order valence-electron chi connectivity index (χ4n) is 3.86. The van der Waals surface area contributed by atoms with Crippen molar-refractivity contribution in [3.05, 3.63) is 45.4 Å². The number of hydrogen-bond acceptors (Lipinski definition) is 5. The SMILES string of the molecule is Cc1nnc(CN2CCC(N3CCc4ccccc4C3)CC2)s1. The fraction of sp³-hybridized carbons (Fsp3) is 0.556. The molecule has 122 valence electrons. The first-order chi connectivity index (χ1) is 11.3. The van der Waals surface area contributed by atoms with Gasteiger partial charge in [-0.15, -0.1) is 21.5 Å². The molecule has 4 nitrogen and oxygen atoms in total. The second kappa shape index (κ2) is 6.67. The van der Waals surface area contributed by atoms with E-state index in [-0.39, 0.29) is 0 Å². The van der Waals surface area contributed by atoms with Crippen molar-refractivity contribution >= 4 is 11.3 Å². The average molecular weight is 328 g/mol. The zero-order chi connectivity index (χ0) is 15.6. The lowest BCUT2D eigenvalue weighted by molar-refractivity contribution is 0.0948. The molecule has 0 unspecified atom stereocenters. The van der Waals surface area contributed by atoms with Crippen molar-refractivity contribution in [2.45, 2.75) is 45.3 Å². The van der Waals surface area contributed by atoms with Crippen LogP contribution in [0.4, 0.5) is 0 Å². The second-order valence-corrected chi connectivity index (χ2v) is 7.98. The molecule has 0 N–H and O–H groups in total. The Labute approximate surface area is 142 Å². The van der Waals surface area contributed by atoms with Crippen LogP contribution >= 0.6 is 11.3 Å². The van der Waals surface area contributed by atoms with Crippen molar-refractivity contribution in [1.82, 2.24) is 20.0 Å². The van der Waals surface area contributed by atoms with E-state index in [1.807, 2.05) is 6.92 Å². The molecule has 1 aromatic heterocycles. The number of likely N-dealkylation sites (tertiary alicyclic amines) is 1. The molecule has 23 heavy (non-hydrogen) atoms. The summed E-state index contributed by atoms with van der Waals surface area (Å²) in [7, 11) is 0. The summed E-state index contributed by atoms with van der Waals surface area (Å²) in [5.41, 5.74) is 3.08. The molecule has 0 atom stereocenters. The fourth-order valence-corrected chi connectivity index (χ4v) is 4.62. The smallest absolute Gasteiger partial charge is 0.131 e. The standard InChI is InChI=1S/C18H24N4S/c1-14-19-20-18(23-14)13-21-9-7-17(8-10-21)22-11-6-15-4-2-3-5-16(15)12-22/h2-5,17H,6-13H2,1H3. The van der Waals surface area contributed by atoms with Crippen molar-refractivity contribution in [2.24, 2.45) is 0 Å². The predicted molar refractivity (Wildman–Crippen MR) is 93.5 cm³/mol. The molecule has 2 aliphatic rings. The minimum atomic E-state index is 0.746. The normalized spacial score (nSPS) is 20.6. The van der Waals surface area contributed by atoms with Crippen LogP contribution in [-0.4, -0.2) is 45.7 Å². The minimum Gasteiger partial charge on any atom is -0.296 e. The molecule has 2 aliphatic heterocycles. The first kappa shape index (κ1) is 15.2. The molecule has 0 spiro atoms. The Morgan fingerprint density at radius 2 is 1.87 bits per heavy atom. The largest absolute Gasteiger partial charge is 0.296 e. The number of hydrogen-bond donors (Lipinski definition) is 0. The van der Waals surface area contributed by atoms with Gasteiger partial charge < -0.3 is 0 Å². The van der Waals surface area contributed by atoms with Crippen LogP contribution in [0, 0.1) is 6.92 Å². The zero-order valence-electron chi connectivity index (χ0n) is 13.7. The van der Waals surface area contributed by atoms with Crippen LogP contribution < -0.4 is 0 Å². The Bertz CT molecular complexity index is 661. The summed E-state index contributed by atoms with van der Waals surface area (Å²) >= 11 is 1.73. The van der Waals surface area contributed by atoms with Gasteiger partial charge in [-0.25, -0.2) is 0 Å². The Morgan fingerprint density at radius 3 is 2.61 bits per heavy atom. The molecule has 5 heteroatoms. The first-order valence-electron chi connectivity index (χ1n) is 8.60. The molecule has 0 bridgehead atoms. The van der Waals surface area contributed by atoms with E-state index in [4.69, 9.17) is 0 Å². The van der Waals surface area contributed by atoms with Gasteiger partial charge in [-0.05, 0) is 37.3 Å².